The van der Waals surface area contributed by atoms with Crippen LogP contribution in [0.15, 0.2) is 29.2 Å². The number of carbonyl (C=O) groups is 2. The summed E-state index contributed by atoms with van der Waals surface area (Å²) in [7, 11) is -3.62. The van der Waals surface area contributed by atoms with Crippen LogP contribution >= 0.6 is 0 Å². The van der Waals surface area contributed by atoms with Crippen molar-refractivity contribution in [3.8, 4) is 0 Å². The number of hydrogen-bond donors (Lipinski definition) is 2. The van der Waals surface area contributed by atoms with Crippen molar-refractivity contribution in [1.29, 1.82) is 0 Å². The minimum atomic E-state index is -3.62. The van der Waals surface area contributed by atoms with E-state index in [-0.39, 0.29) is 23.5 Å². The predicted octanol–water partition coefficient (Wildman–Crippen LogP) is 2.10. The van der Waals surface area contributed by atoms with Crippen molar-refractivity contribution < 1.29 is 18.0 Å². The third-order valence-corrected chi connectivity index (χ3v) is 7.81. The van der Waals surface area contributed by atoms with E-state index >= 15 is 0 Å². The number of nitrogens with zero attached hydrogens (tertiary/aromatic N) is 1. The zero-order chi connectivity index (χ0) is 20.9. The monoisotopic (exact) mass is 421 g/mol. The molecule has 1 saturated heterocycles. The Balaban J connectivity index is 1.55. The maximum absolute atomic E-state index is 13.0. The van der Waals surface area contributed by atoms with Gasteiger partial charge in [0.1, 0.15) is 0 Å². The molecule has 0 aromatic heterocycles. The van der Waals surface area contributed by atoms with Crippen LogP contribution in [-0.2, 0) is 19.6 Å². The van der Waals surface area contributed by atoms with Gasteiger partial charge in [0.2, 0.25) is 10.0 Å². The lowest BCUT2D eigenvalue weighted by atomic mass is 10.1. The first-order valence-corrected chi connectivity index (χ1v) is 12.0. The van der Waals surface area contributed by atoms with E-state index in [0.717, 1.165) is 37.7 Å². The highest BCUT2D eigenvalue weighted by Crippen LogP contribution is 2.26. The normalized spacial score (nSPS) is 21.5. The van der Waals surface area contributed by atoms with Crippen LogP contribution in [0.3, 0.4) is 0 Å². The Kier molecular flexibility index (Phi) is 7.29. The van der Waals surface area contributed by atoms with Gasteiger partial charge in [0.05, 0.1) is 4.90 Å². The van der Waals surface area contributed by atoms with Gasteiger partial charge < -0.3 is 10.6 Å². The van der Waals surface area contributed by atoms with Gasteiger partial charge >= 0.3 is 11.8 Å². The number of rotatable bonds is 5. The summed E-state index contributed by atoms with van der Waals surface area (Å²) >= 11 is 0. The first-order valence-electron chi connectivity index (χ1n) is 10.5. The van der Waals surface area contributed by atoms with E-state index in [1.165, 1.54) is 17.1 Å². The van der Waals surface area contributed by atoms with E-state index in [4.69, 9.17) is 0 Å². The van der Waals surface area contributed by atoms with Crippen molar-refractivity contribution >= 4 is 21.8 Å². The first-order chi connectivity index (χ1) is 13.9. The van der Waals surface area contributed by atoms with Gasteiger partial charge in [0, 0.05) is 25.2 Å². The van der Waals surface area contributed by atoms with Crippen LogP contribution in [0.2, 0.25) is 0 Å². The van der Waals surface area contributed by atoms with Crippen molar-refractivity contribution in [3.63, 3.8) is 0 Å². The Morgan fingerprint density at radius 2 is 1.62 bits per heavy atom. The summed E-state index contributed by atoms with van der Waals surface area (Å²) in [6, 6.07) is 6.49. The SMILES string of the molecule is Cc1ccc(S(=O)(=O)N2CCC[C@@H]2CNC(=O)C(=O)NC2CCCCCC2)cc1. The number of sulfonamides is 1. The highest BCUT2D eigenvalue weighted by atomic mass is 32.2. The molecule has 1 saturated carbocycles. The lowest BCUT2D eigenvalue weighted by Crippen LogP contribution is -2.48. The molecule has 29 heavy (non-hydrogen) atoms. The summed E-state index contributed by atoms with van der Waals surface area (Å²) in [4.78, 5) is 24.7. The molecular weight excluding hydrogens is 390 g/mol. The maximum Gasteiger partial charge on any atom is 0.309 e. The van der Waals surface area contributed by atoms with Gasteiger partial charge in [-0.25, -0.2) is 8.42 Å². The zero-order valence-corrected chi connectivity index (χ0v) is 17.8. The maximum atomic E-state index is 13.0. The fourth-order valence-electron chi connectivity index (χ4n) is 4.14. The Hall–Kier alpha value is -1.93. The molecule has 3 rings (SSSR count). The third kappa shape index (κ3) is 5.57. The molecule has 1 atom stereocenters. The van der Waals surface area contributed by atoms with Gasteiger partial charge in [-0.15, -0.1) is 0 Å². The molecule has 0 radical (unpaired) electrons. The topological polar surface area (TPSA) is 95.6 Å². The molecule has 1 aliphatic carbocycles. The van der Waals surface area contributed by atoms with Crippen molar-refractivity contribution in [2.75, 3.05) is 13.1 Å². The van der Waals surface area contributed by atoms with Crippen LogP contribution in [0.4, 0.5) is 0 Å². The number of hydrogen-bond acceptors (Lipinski definition) is 4. The van der Waals surface area contributed by atoms with Gasteiger partial charge in [-0.2, -0.15) is 4.31 Å². The van der Waals surface area contributed by atoms with Crippen molar-refractivity contribution in [1.82, 2.24) is 14.9 Å². The van der Waals surface area contributed by atoms with Gasteiger partial charge in [0.15, 0.2) is 0 Å². The highest BCUT2D eigenvalue weighted by Gasteiger charge is 2.35. The average Bonchev–Trinajstić information content (AvgIpc) is 3.04. The number of benzene rings is 1. The molecule has 8 heteroatoms. The molecule has 160 valence electrons. The summed E-state index contributed by atoms with van der Waals surface area (Å²) in [6.45, 7) is 2.47. The number of nitrogens with one attached hydrogen (secondary N) is 2. The van der Waals surface area contributed by atoms with Gasteiger partial charge in [-0.1, -0.05) is 43.4 Å². The molecule has 0 spiro atoms. The van der Waals surface area contributed by atoms with Gasteiger partial charge in [0.25, 0.3) is 0 Å². The summed E-state index contributed by atoms with van der Waals surface area (Å²) in [5.74, 6) is -1.31. The molecule has 0 bridgehead atoms. The minimum absolute atomic E-state index is 0.0562. The van der Waals surface area contributed by atoms with Crippen LogP contribution in [0.25, 0.3) is 0 Å². The van der Waals surface area contributed by atoms with Crippen LogP contribution < -0.4 is 10.6 Å². The van der Waals surface area contributed by atoms with Crippen LogP contribution in [-0.4, -0.2) is 49.7 Å². The van der Waals surface area contributed by atoms with Crippen molar-refractivity contribution in [2.24, 2.45) is 0 Å². The highest BCUT2D eigenvalue weighted by molar-refractivity contribution is 7.89. The number of aryl methyl sites for hydroxylation is 1. The second kappa shape index (κ2) is 9.71. The molecule has 2 N–H and O–H groups in total. The van der Waals surface area contributed by atoms with Gasteiger partial charge in [-0.3, -0.25) is 9.59 Å². The summed E-state index contributed by atoms with van der Waals surface area (Å²) in [6.07, 6.45) is 7.70. The second-order valence-electron chi connectivity index (χ2n) is 8.10. The Bertz CT molecular complexity index is 815. The van der Waals surface area contributed by atoms with E-state index in [1.54, 1.807) is 24.3 Å². The number of amides is 2. The molecule has 1 aromatic carbocycles. The molecule has 1 aromatic rings. The van der Waals surface area contributed by atoms with E-state index in [9.17, 15) is 18.0 Å². The fourth-order valence-corrected chi connectivity index (χ4v) is 5.83. The molecule has 1 aliphatic heterocycles. The smallest absolute Gasteiger partial charge is 0.309 e. The summed E-state index contributed by atoms with van der Waals surface area (Å²) < 4.78 is 27.4. The van der Waals surface area contributed by atoms with Crippen LogP contribution in [0.1, 0.15) is 56.9 Å². The number of carbonyl (C=O) groups excluding carboxylic acids is 2. The zero-order valence-electron chi connectivity index (χ0n) is 17.0. The molecule has 2 amide bonds. The van der Waals surface area contributed by atoms with E-state index in [2.05, 4.69) is 10.6 Å². The fraction of sp³-hybridized carbons (Fsp3) is 0.619. The van der Waals surface area contributed by atoms with Crippen LogP contribution in [0.5, 0.6) is 0 Å². The van der Waals surface area contributed by atoms with E-state index in [1.807, 2.05) is 6.92 Å². The lowest BCUT2D eigenvalue weighted by molar-refractivity contribution is -0.139. The van der Waals surface area contributed by atoms with Gasteiger partial charge in [-0.05, 0) is 44.7 Å². The molecule has 2 fully saturated rings. The standard InChI is InChI=1S/C21H31N3O4S/c1-16-10-12-19(13-11-16)29(27,28)24-14-6-9-18(24)15-22-20(25)21(26)23-17-7-4-2-3-5-8-17/h10-13,17-18H,2-9,14-15H2,1H3,(H,22,25)(H,23,26)/t18-/m1/s1. The predicted molar refractivity (Wildman–Crippen MR) is 111 cm³/mol. The quantitative estimate of drug-likeness (QED) is 0.562. The molecule has 7 nitrogen and oxygen atoms in total. The van der Waals surface area contributed by atoms with Crippen molar-refractivity contribution in [2.45, 2.75) is 75.3 Å². The largest absolute Gasteiger partial charge is 0.346 e. The summed E-state index contributed by atoms with van der Waals surface area (Å²) in [5.41, 5.74) is 0.994. The first kappa shape index (κ1) is 21.8. The molecule has 0 unspecified atom stereocenters. The van der Waals surface area contributed by atoms with E-state index in [0.29, 0.717) is 13.0 Å². The Morgan fingerprint density at radius 1 is 0.966 bits per heavy atom. The Labute approximate surface area is 173 Å². The van der Waals surface area contributed by atoms with E-state index < -0.39 is 21.8 Å². The van der Waals surface area contributed by atoms with Crippen molar-refractivity contribution in [3.05, 3.63) is 29.8 Å². The average molecular weight is 422 g/mol. The summed E-state index contributed by atoms with van der Waals surface area (Å²) in [5, 5.41) is 5.46. The molecule has 2 aliphatic rings. The Morgan fingerprint density at radius 3 is 2.28 bits per heavy atom. The minimum Gasteiger partial charge on any atom is -0.346 e. The second-order valence-corrected chi connectivity index (χ2v) is 9.99. The third-order valence-electron chi connectivity index (χ3n) is 5.85. The van der Waals surface area contributed by atoms with Crippen LogP contribution in [0, 0.1) is 6.92 Å². The molecule has 1 heterocycles. The molecular formula is C21H31N3O4S. The lowest BCUT2D eigenvalue weighted by Gasteiger charge is -2.24.